The van der Waals surface area contributed by atoms with Gasteiger partial charge >= 0.3 is 0 Å². The van der Waals surface area contributed by atoms with Crippen molar-refractivity contribution in [3.8, 4) is 17.2 Å². The summed E-state index contributed by atoms with van der Waals surface area (Å²) in [6, 6.07) is 12.6. The van der Waals surface area contributed by atoms with E-state index in [0.29, 0.717) is 17.4 Å². The maximum Gasteiger partial charge on any atom is 0.187 e. The van der Waals surface area contributed by atoms with E-state index in [4.69, 9.17) is 21.7 Å². The van der Waals surface area contributed by atoms with Gasteiger partial charge in [0.05, 0.1) is 20.4 Å². The first-order valence-corrected chi connectivity index (χ1v) is 7.60. The van der Waals surface area contributed by atoms with Gasteiger partial charge in [-0.2, -0.15) is 5.10 Å². The van der Waals surface area contributed by atoms with Crippen LogP contribution in [0.4, 0.5) is 0 Å². The molecule has 3 N–H and O–H groups in total. The topological polar surface area (TPSA) is 75.1 Å². The van der Waals surface area contributed by atoms with Crippen molar-refractivity contribution in [1.82, 2.24) is 10.7 Å². The number of methoxy groups -OCH3 is 2. The van der Waals surface area contributed by atoms with Gasteiger partial charge in [0, 0.05) is 6.54 Å². The van der Waals surface area contributed by atoms with Crippen LogP contribution in [0.2, 0.25) is 0 Å². The van der Waals surface area contributed by atoms with Crippen molar-refractivity contribution in [2.45, 2.75) is 6.54 Å². The molecule has 0 aromatic heterocycles. The summed E-state index contributed by atoms with van der Waals surface area (Å²) in [5, 5.41) is 17.1. The van der Waals surface area contributed by atoms with Crippen LogP contribution in [0.15, 0.2) is 47.6 Å². The molecule has 2 rings (SSSR count). The summed E-state index contributed by atoms with van der Waals surface area (Å²) in [5.41, 5.74) is 4.59. The molecule has 2 aromatic rings. The zero-order valence-corrected chi connectivity index (χ0v) is 14.3. The van der Waals surface area contributed by atoms with E-state index < -0.39 is 0 Å². The fourth-order valence-corrected chi connectivity index (χ4v) is 2.03. The Morgan fingerprint density at radius 1 is 1.17 bits per heavy atom. The largest absolute Gasteiger partial charge is 0.504 e. The average molecular weight is 345 g/mol. The molecule has 7 heteroatoms. The fraction of sp³-hybridized carbons (Fsp3) is 0.176. The number of hydrazone groups is 1. The number of nitrogens with zero attached hydrogens (tertiary/aromatic N) is 1. The number of phenolic OH excluding ortho intramolecular Hbond substituents is 1. The van der Waals surface area contributed by atoms with Crippen molar-refractivity contribution in [2.24, 2.45) is 5.10 Å². The van der Waals surface area contributed by atoms with Crippen molar-refractivity contribution in [2.75, 3.05) is 14.2 Å². The highest BCUT2D eigenvalue weighted by atomic mass is 32.1. The van der Waals surface area contributed by atoms with E-state index in [2.05, 4.69) is 15.8 Å². The normalized spacial score (nSPS) is 10.4. The van der Waals surface area contributed by atoms with Gasteiger partial charge in [-0.25, -0.2) is 0 Å². The zero-order valence-electron chi connectivity index (χ0n) is 13.4. The van der Waals surface area contributed by atoms with Gasteiger partial charge in [0.25, 0.3) is 0 Å². The van der Waals surface area contributed by atoms with Gasteiger partial charge in [0.15, 0.2) is 16.6 Å². The highest BCUT2D eigenvalue weighted by Gasteiger charge is 2.01. The highest BCUT2D eigenvalue weighted by Crippen LogP contribution is 2.25. The third kappa shape index (κ3) is 5.13. The Morgan fingerprint density at radius 3 is 2.58 bits per heavy atom. The van der Waals surface area contributed by atoms with Gasteiger partial charge in [0.2, 0.25) is 0 Å². The number of phenols is 1. The van der Waals surface area contributed by atoms with Gasteiger partial charge in [-0.3, -0.25) is 5.43 Å². The molecule has 0 heterocycles. The molecular weight excluding hydrogens is 326 g/mol. The number of hydrogen-bond acceptors (Lipinski definition) is 5. The molecule has 0 amide bonds. The average Bonchev–Trinajstić information content (AvgIpc) is 2.61. The van der Waals surface area contributed by atoms with Crippen LogP contribution in [0.3, 0.4) is 0 Å². The highest BCUT2D eigenvalue weighted by molar-refractivity contribution is 7.80. The molecule has 0 unspecified atom stereocenters. The van der Waals surface area contributed by atoms with Crippen LogP contribution >= 0.6 is 12.2 Å². The lowest BCUT2D eigenvalue weighted by Crippen LogP contribution is -2.31. The summed E-state index contributed by atoms with van der Waals surface area (Å²) < 4.78 is 10.1. The van der Waals surface area contributed by atoms with E-state index in [1.165, 1.54) is 7.11 Å². The van der Waals surface area contributed by atoms with Crippen LogP contribution in [-0.2, 0) is 6.54 Å². The van der Waals surface area contributed by atoms with Crippen molar-refractivity contribution in [3.05, 3.63) is 53.6 Å². The molecule has 0 fully saturated rings. The maximum absolute atomic E-state index is 9.54. The van der Waals surface area contributed by atoms with Gasteiger partial charge in [0.1, 0.15) is 5.75 Å². The van der Waals surface area contributed by atoms with Gasteiger partial charge in [-0.05, 0) is 53.7 Å². The summed E-state index contributed by atoms with van der Waals surface area (Å²) in [4.78, 5) is 0. The van der Waals surface area contributed by atoms with Crippen molar-refractivity contribution in [3.63, 3.8) is 0 Å². The Morgan fingerprint density at radius 2 is 1.92 bits per heavy atom. The first-order valence-electron chi connectivity index (χ1n) is 7.19. The van der Waals surface area contributed by atoms with Crippen molar-refractivity contribution >= 4 is 23.5 Å². The SMILES string of the molecule is COc1ccc(CNC(=S)N/N=C\c2ccc(O)c(OC)c2)cc1. The number of nitrogens with one attached hydrogen (secondary N) is 2. The van der Waals surface area contributed by atoms with E-state index in [-0.39, 0.29) is 5.75 Å². The molecule has 0 aliphatic rings. The second kappa shape index (κ2) is 8.73. The van der Waals surface area contributed by atoms with Crippen LogP contribution in [0.5, 0.6) is 17.2 Å². The predicted molar refractivity (Wildman–Crippen MR) is 97.8 cm³/mol. The first-order chi connectivity index (χ1) is 11.6. The van der Waals surface area contributed by atoms with E-state index in [0.717, 1.165) is 16.9 Å². The summed E-state index contributed by atoms with van der Waals surface area (Å²) in [6.45, 7) is 0.582. The van der Waals surface area contributed by atoms with Crippen LogP contribution in [0.25, 0.3) is 0 Å². The molecule has 0 atom stereocenters. The molecule has 0 saturated heterocycles. The van der Waals surface area contributed by atoms with Crippen LogP contribution in [0.1, 0.15) is 11.1 Å². The molecule has 0 radical (unpaired) electrons. The Labute approximate surface area is 146 Å². The first kappa shape index (κ1) is 17.6. The number of benzene rings is 2. The molecule has 0 spiro atoms. The third-order valence-corrected chi connectivity index (χ3v) is 3.43. The monoisotopic (exact) mass is 345 g/mol. The van der Waals surface area contributed by atoms with E-state index in [1.54, 1.807) is 31.5 Å². The smallest absolute Gasteiger partial charge is 0.187 e. The van der Waals surface area contributed by atoms with E-state index in [1.807, 2.05) is 24.3 Å². The lowest BCUT2D eigenvalue weighted by molar-refractivity contribution is 0.373. The summed E-state index contributed by atoms with van der Waals surface area (Å²) in [5.74, 6) is 1.28. The molecule has 24 heavy (non-hydrogen) atoms. The van der Waals surface area contributed by atoms with Crippen LogP contribution in [0, 0.1) is 0 Å². The molecule has 0 aliphatic heterocycles. The molecule has 0 saturated carbocycles. The fourth-order valence-electron chi connectivity index (χ4n) is 1.91. The summed E-state index contributed by atoms with van der Waals surface area (Å²) in [6.07, 6.45) is 1.59. The zero-order chi connectivity index (χ0) is 17.4. The second-order valence-electron chi connectivity index (χ2n) is 4.83. The third-order valence-electron chi connectivity index (χ3n) is 3.20. The van der Waals surface area contributed by atoms with E-state index in [9.17, 15) is 5.11 Å². The Kier molecular flexibility index (Phi) is 6.39. The number of hydrogen-bond donors (Lipinski definition) is 3. The Bertz CT molecular complexity index is 718. The van der Waals surface area contributed by atoms with Crippen molar-refractivity contribution in [1.29, 1.82) is 0 Å². The van der Waals surface area contributed by atoms with Gasteiger partial charge in [-0.15, -0.1) is 0 Å². The number of thiocarbonyl (C=S) groups is 1. The summed E-state index contributed by atoms with van der Waals surface area (Å²) in [7, 11) is 3.13. The molecule has 126 valence electrons. The molecule has 0 aliphatic carbocycles. The standard InChI is InChI=1S/C17H19N3O3S/c1-22-14-6-3-12(4-7-14)10-18-17(24)20-19-11-13-5-8-15(21)16(9-13)23-2/h3-9,11,21H,10H2,1-2H3,(H2,18,20,24)/b19-11-. The summed E-state index contributed by atoms with van der Waals surface area (Å²) >= 11 is 5.16. The van der Waals surface area contributed by atoms with Crippen LogP contribution < -0.4 is 20.2 Å². The molecule has 0 bridgehead atoms. The lowest BCUT2D eigenvalue weighted by Gasteiger charge is -2.08. The minimum absolute atomic E-state index is 0.0827. The minimum Gasteiger partial charge on any atom is -0.504 e. The minimum atomic E-state index is 0.0827. The molecule has 6 nitrogen and oxygen atoms in total. The molecular formula is C17H19N3O3S. The second-order valence-corrected chi connectivity index (χ2v) is 5.24. The van der Waals surface area contributed by atoms with Gasteiger partial charge < -0.3 is 19.9 Å². The quantitative estimate of drug-likeness (QED) is 0.424. The number of aromatic hydroxyl groups is 1. The Hall–Kier alpha value is -2.80. The van der Waals surface area contributed by atoms with E-state index >= 15 is 0 Å². The van der Waals surface area contributed by atoms with Crippen LogP contribution in [-0.4, -0.2) is 30.7 Å². The van der Waals surface area contributed by atoms with Crippen molar-refractivity contribution < 1.29 is 14.6 Å². The maximum atomic E-state index is 9.54. The predicted octanol–water partition coefficient (Wildman–Crippen LogP) is 2.41. The number of ether oxygens (including phenoxy) is 2. The number of rotatable bonds is 6. The lowest BCUT2D eigenvalue weighted by atomic mass is 10.2. The van der Waals surface area contributed by atoms with Gasteiger partial charge in [-0.1, -0.05) is 12.1 Å². The molecule has 2 aromatic carbocycles. The Balaban J connectivity index is 1.81.